The van der Waals surface area contributed by atoms with Gasteiger partial charge in [0.2, 0.25) is 5.82 Å². The molecule has 2 fully saturated rings. The number of piperidine rings is 2. The summed E-state index contributed by atoms with van der Waals surface area (Å²) in [6, 6.07) is 18.4. The molecule has 0 N–H and O–H groups in total. The highest BCUT2D eigenvalue weighted by atomic mass is 19.2. The molecule has 3 aliphatic rings. The molecule has 1 aliphatic carbocycles. The number of nitrogens with zero attached hydrogens (tertiary/aromatic N) is 1. The van der Waals surface area contributed by atoms with Gasteiger partial charge in [0.15, 0.2) is 17.3 Å². The summed E-state index contributed by atoms with van der Waals surface area (Å²) in [5, 5.41) is 0. The Morgan fingerprint density at radius 1 is 0.921 bits per heavy atom. The number of benzene rings is 3. The summed E-state index contributed by atoms with van der Waals surface area (Å²) in [5.74, 6) is -3.14. The summed E-state index contributed by atoms with van der Waals surface area (Å²) in [7, 11) is 1.24. The van der Waals surface area contributed by atoms with Gasteiger partial charge in [-0.1, -0.05) is 48.5 Å². The normalized spacial score (nSPS) is 22.0. The van der Waals surface area contributed by atoms with Gasteiger partial charge in [-0.25, -0.2) is 9.18 Å². The smallest absolute Gasteiger partial charge is 0.410 e. The van der Waals surface area contributed by atoms with E-state index in [0.29, 0.717) is 12.8 Å². The van der Waals surface area contributed by atoms with Crippen LogP contribution >= 0.6 is 0 Å². The first kappa shape index (κ1) is 24.6. The molecule has 196 valence electrons. The zero-order chi connectivity index (χ0) is 26.4. The summed E-state index contributed by atoms with van der Waals surface area (Å²) in [6.45, 7) is 0.250. The molecule has 3 aromatic carbocycles. The molecule has 2 atom stereocenters. The number of amides is 1. The molecular weight excluding hydrogens is 488 g/mol. The summed E-state index contributed by atoms with van der Waals surface area (Å²) in [5.41, 5.74) is 4.77. The number of carbonyl (C=O) groups is 2. The van der Waals surface area contributed by atoms with E-state index in [9.17, 15) is 18.4 Å². The topological polar surface area (TPSA) is 55.8 Å². The molecule has 2 heterocycles. The number of fused-ring (bicyclic) bond motifs is 5. The predicted octanol–water partition coefficient (Wildman–Crippen LogP) is 6.74. The number of ether oxygens (including phenoxy) is 2. The molecule has 38 heavy (non-hydrogen) atoms. The second-order valence-corrected chi connectivity index (χ2v) is 10.5. The summed E-state index contributed by atoms with van der Waals surface area (Å²) in [6.07, 6.45) is 3.14. The molecule has 2 saturated heterocycles. The van der Waals surface area contributed by atoms with Gasteiger partial charge in [0.05, 0.1) is 7.11 Å². The minimum Gasteiger partial charge on any atom is -0.494 e. The molecule has 6 rings (SSSR count). The van der Waals surface area contributed by atoms with Crippen LogP contribution in [0, 0.1) is 17.6 Å². The van der Waals surface area contributed by atoms with Gasteiger partial charge in [-0.2, -0.15) is 4.39 Å². The fraction of sp³-hybridized carbons (Fsp3) is 0.355. The fourth-order valence-electron chi connectivity index (χ4n) is 6.65. The number of carbonyl (C=O) groups excluding carboxylic acids is 2. The lowest BCUT2D eigenvalue weighted by molar-refractivity contribution is 0.00650. The van der Waals surface area contributed by atoms with Crippen molar-refractivity contribution < 1.29 is 27.8 Å². The first-order chi connectivity index (χ1) is 18.5. The Balaban J connectivity index is 1.17. The third-order valence-corrected chi connectivity index (χ3v) is 8.39. The molecule has 3 aromatic rings. The SMILES string of the molecule is COc1cc(C(=O)C2CC3CCCC(C2)N3C(=O)OCC2c3ccccc3-c3ccccc32)cc(F)c1F. The van der Waals surface area contributed by atoms with E-state index in [2.05, 4.69) is 24.3 Å². The van der Waals surface area contributed by atoms with E-state index in [1.165, 1.54) is 24.3 Å². The number of hydrogen-bond acceptors (Lipinski definition) is 4. The zero-order valence-corrected chi connectivity index (χ0v) is 21.2. The maximum Gasteiger partial charge on any atom is 0.410 e. The maximum absolute atomic E-state index is 14.1. The van der Waals surface area contributed by atoms with Crippen LogP contribution in [-0.2, 0) is 4.74 Å². The van der Waals surface area contributed by atoms with Crippen molar-refractivity contribution in [1.29, 1.82) is 0 Å². The van der Waals surface area contributed by atoms with Gasteiger partial charge in [0.25, 0.3) is 0 Å². The predicted molar refractivity (Wildman–Crippen MR) is 138 cm³/mol. The first-order valence-corrected chi connectivity index (χ1v) is 13.2. The lowest BCUT2D eigenvalue weighted by Crippen LogP contribution is -2.55. The van der Waals surface area contributed by atoms with E-state index in [1.54, 1.807) is 0 Å². The van der Waals surface area contributed by atoms with Gasteiger partial charge in [0, 0.05) is 29.5 Å². The second kappa shape index (κ2) is 9.86. The highest BCUT2D eigenvalue weighted by molar-refractivity contribution is 5.98. The van der Waals surface area contributed by atoms with Crippen molar-refractivity contribution in [2.45, 2.75) is 50.1 Å². The Kier molecular flexibility index (Phi) is 6.38. The van der Waals surface area contributed by atoms with E-state index >= 15 is 0 Å². The lowest BCUT2D eigenvalue weighted by atomic mass is 9.76. The quantitative estimate of drug-likeness (QED) is 0.352. The molecule has 2 bridgehead atoms. The van der Waals surface area contributed by atoms with Crippen LogP contribution in [-0.4, -0.2) is 42.6 Å². The van der Waals surface area contributed by atoms with Crippen LogP contribution in [0.4, 0.5) is 13.6 Å². The fourth-order valence-corrected chi connectivity index (χ4v) is 6.65. The van der Waals surface area contributed by atoms with Gasteiger partial charge in [-0.3, -0.25) is 4.79 Å². The summed E-state index contributed by atoms with van der Waals surface area (Å²) in [4.78, 5) is 28.5. The largest absolute Gasteiger partial charge is 0.494 e. The number of Topliss-reactive ketones (excluding diaryl/α,β-unsaturated/α-hetero) is 1. The zero-order valence-electron chi connectivity index (χ0n) is 21.2. The molecular formula is C31H29F2NO4. The summed E-state index contributed by atoms with van der Waals surface area (Å²) >= 11 is 0. The van der Waals surface area contributed by atoms with E-state index in [0.717, 1.165) is 36.5 Å². The third-order valence-electron chi connectivity index (χ3n) is 8.39. The van der Waals surface area contributed by atoms with Crippen LogP contribution < -0.4 is 4.74 Å². The molecule has 2 aliphatic heterocycles. The number of ketones is 1. The van der Waals surface area contributed by atoms with Crippen LogP contribution in [0.15, 0.2) is 60.7 Å². The van der Waals surface area contributed by atoms with E-state index in [1.807, 2.05) is 29.2 Å². The van der Waals surface area contributed by atoms with Crippen LogP contribution in [0.5, 0.6) is 5.75 Å². The van der Waals surface area contributed by atoms with Gasteiger partial charge in [-0.15, -0.1) is 0 Å². The van der Waals surface area contributed by atoms with Gasteiger partial charge in [0.1, 0.15) is 6.61 Å². The Hall–Kier alpha value is -3.74. The molecule has 0 aromatic heterocycles. The van der Waals surface area contributed by atoms with Gasteiger partial charge in [-0.05, 0) is 66.5 Å². The molecule has 5 nitrogen and oxygen atoms in total. The molecule has 1 amide bonds. The Labute approximate surface area is 220 Å². The molecule has 7 heteroatoms. The minimum absolute atomic E-state index is 0.0198. The van der Waals surface area contributed by atoms with Crippen molar-refractivity contribution in [3.63, 3.8) is 0 Å². The monoisotopic (exact) mass is 517 g/mol. The van der Waals surface area contributed by atoms with Crippen molar-refractivity contribution in [1.82, 2.24) is 4.90 Å². The average Bonchev–Trinajstić information content (AvgIpc) is 3.25. The van der Waals surface area contributed by atoms with Crippen LogP contribution in [0.3, 0.4) is 0 Å². The van der Waals surface area contributed by atoms with Gasteiger partial charge < -0.3 is 14.4 Å². The molecule has 2 unspecified atom stereocenters. The Morgan fingerprint density at radius 2 is 1.53 bits per heavy atom. The van der Waals surface area contributed by atoms with E-state index < -0.39 is 11.6 Å². The van der Waals surface area contributed by atoms with Crippen molar-refractivity contribution >= 4 is 11.9 Å². The highest BCUT2D eigenvalue weighted by Crippen LogP contribution is 2.45. The van der Waals surface area contributed by atoms with E-state index in [4.69, 9.17) is 9.47 Å². The van der Waals surface area contributed by atoms with Crippen molar-refractivity contribution in [2.75, 3.05) is 13.7 Å². The van der Waals surface area contributed by atoms with E-state index in [-0.39, 0.29) is 53.7 Å². The number of hydrogen-bond donors (Lipinski definition) is 0. The van der Waals surface area contributed by atoms with Crippen LogP contribution in [0.1, 0.15) is 59.5 Å². The molecule has 0 radical (unpaired) electrons. The average molecular weight is 518 g/mol. The molecule has 0 saturated carbocycles. The standard InChI is InChI=1S/C31H29F2NO4/c1-37-28-16-19(15-27(32)29(28)33)30(35)18-13-20-7-6-8-21(14-18)34(20)31(36)38-17-26-24-11-4-2-9-22(24)23-10-3-5-12-25(23)26/h2-5,9-12,15-16,18,20-21,26H,6-8,13-14,17H2,1H3. The van der Waals surface area contributed by atoms with Crippen molar-refractivity contribution in [2.24, 2.45) is 5.92 Å². The number of methoxy groups -OCH3 is 1. The first-order valence-electron chi connectivity index (χ1n) is 13.2. The van der Waals surface area contributed by atoms with Gasteiger partial charge >= 0.3 is 6.09 Å². The third kappa shape index (κ3) is 4.14. The second-order valence-electron chi connectivity index (χ2n) is 10.5. The maximum atomic E-state index is 14.1. The van der Waals surface area contributed by atoms with Crippen molar-refractivity contribution in [3.05, 3.63) is 89.0 Å². The van der Waals surface area contributed by atoms with Crippen molar-refractivity contribution in [3.8, 4) is 16.9 Å². The highest BCUT2D eigenvalue weighted by Gasteiger charge is 2.44. The number of rotatable bonds is 5. The van der Waals surface area contributed by atoms with Crippen LogP contribution in [0.25, 0.3) is 11.1 Å². The van der Waals surface area contributed by atoms with Crippen LogP contribution in [0.2, 0.25) is 0 Å². The minimum atomic E-state index is -1.11. The summed E-state index contributed by atoms with van der Waals surface area (Å²) < 4.78 is 38.8. The lowest BCUT2D eigenvalue weighted by Gasteiger charge is -2.47. The Morgan fingerprint density at radius 3 is 2.13 bits per heavy atom. The Bertz CT molecular complexity index is 1350. The number of halogens is 2. The molecule has 0 spiro atoms.